The summed E-state index contributed by atoms with van der Waals surface area (Å²) in [4.78, 5) is 4.92. The number of para-hydroxylation sites is 5. The molecule has 7 aromatic rings. The van der Waals surface area contributed by atoms with Gasteiger partial charge in [-0.1, -0.05) is 103 Å². The summed E-state index contributed by atoms with van der Waals surface area (Å²) >= 11 is 0. The molecule has 0 amide bonds. The van der Waals surface area contributed by atoms with Gasteiger partial charge in [-0.3, -0.25) is 4.90 Å². The van der Waals surface area contributed by atoms with Crippen LogP contribution in [0.4, 0.5) is 0 Å². The molecular formula is C41H38N4. The van der Waals surface area contributed by atoms with E-state index >= 15 is 0 Å². The molecule has 1 unspecified atom stereocenters. The number of nitrogens with zero attached hydrogens (tertiary/aromatic N) is 4. The molecule has 1 aliphatic heterocycles. The Morgan fingerprint density at radius 3 is 1.91 bits per heavy atom. The van der Waals surface area contributed by atoms with Crippen molar-refractivity contribution in [2.24, 2.45) is 0 Å². The summed E-state index contributed by atoms with van der Waals surface area (Å²) in [6, 6.07) is 44.2. The lowest BCUT2D eigenvalue weighted by atomic mass is 9.76. The van der Waals surface area contributed by atoms with E-state index in [4.69, 9.17) is 0 Å². The molecule has 0 fully saturated rings. The molecule has 0 aliphatic carbocycles. The van der Waals surface area contributed by atoms with Crippen LogP contribution in [-0.2, 0) is 12.1 Å². The van der Waals surface area contributed by atoms with E-state index in [0.717, 1.165) is 19.8 Å². The summed E-state index contributed by atoms with van der Waals surface area (Å²) < 4.78 is 4.95. The Bertz CT molecular complexity index is 2200. The van der Waals surface area contributed by atoms with Gasteiger partial charge in [0.15, 0.2) is 0 Å². The molecule has 4 heteroatoms. The van der Waals surface area contributed by atoms with E-state index in [0.29, 0.717) is 0 Å². The molecule has 5 aromatic carbocycles. The van der Waals surface area contributed by atoms with Crippen LogP contribution < -0.4 is 0 Å². The first-order valence-corrected chi connectivity index (χ1v) is 15.9. The minimum absolute atomic E-state index is 0.312. The van der Waals surface area contributed by atoms with Gasteiger partial charge in [0.25, 0.3) is 0 Å². The molecule has 222 valence electrons. The minimum atomic E-state index is -0.312. The van der Waals surface area contributed by atoms with Crippen molar-refractivity contribution in [3.8, 4) is 5.69 Å². The topological polar surface area (TPSA) is 16.3 Å². The standard InChI is InChI=1S/C41H38N4/c1-41(39-26-13-14-27-43(39)3,28-42(2)29-44-36-23-10-7-18-31(36)32-19-8-11-24-37(32)44)35-22-15-21-34-33-20-9-12-25-38(33)45(40(34)35)30-16-5-4-6-17-30/h4-26H,27-29H2,1-3H3. The van der Waals surface area contributed by atoms with Gasteiger partial charge in [-0.25, -0.2) is 0 Å². The average molecular weight is 587 g/mol. The molecule has 0 saturated heterocycles. The van der Waals surface area contributed by atoms with Crippen molar-refractivity contribution in [1.29, 1.82) is 0 Å². The molecular weight excluding hydrogens is 548 g/mol. The number of aromatic nitrogens is 2. The molecule has 0 radical (unpaired) electrons. The van der Waals surface area contributed by atoms with E-state index in [9.17, 15) is 0 Å². The van der Waals surface area contributed by atoms with Crippen molar-refractivity contribution in [1.82, 2.24) is 18.9 Å². The van der Waals surface area contributed by atoms with E-state index in [1.54, 1.807) is 0 Å². The van der Waals surface area contributed by atoms with Crippen molar-refractivity contribution in [2.45, 2.75) is 19.0 Å². The monoisotopic (exact) mass is 586 g/mol. The molecule has 4 nitrogen and oxygen atoms in total. The number of benzene rings is 5. The summed E-state index contributed by atoms with van der Waals surface area (Å²) in [5.74, 6) is 0. The van der Waals surface area contributed by atoms with Gasteiger partial charge in [-0.2, -0.15) is 0 Å². The summed E-state index contributed by atoms with van der Waals surface area (Å²) in [5.41, 5.74) is 8.60. The maximum absolute atomic E-state index is 2.50. The maximum atomic E-state index is 2.50. The van der Waals surface area contributed by atoms with Gasteiger partial charge in [-0.15, -0.1) is 0 Å². The summed E-state index contributed by atoms with van der Waals surface area (Å²) in [7, 11) is 4.50. The number of hydrogen-bond donors (Lipinski definition) is 0. The van der Waals surface area contributed by atoms with Crippen LogP contribution in [0.5, 0.6) is 0 Å². The van der Waals surface area contributed by atoms with Gasteiger partial charge in [-0.05, 0) is 55.9 Å². The van der Waals surface area contributed by atoms with Crippen molar-refractivity contribution < 1.29 is 0 Å². The average Bonchev–Trinajstić information content (AvgIpc) is 3.58. The Morgan fingerprint density at radius 2 is 1.24 bits per heavy atom. The van der Waals surface area contributed by atoms with Gasteiger partial charge >= 0.3 is 0 Å². The summed E-state index contributed by atoms with van der Waals surface area (Å²) in [6.45, 7) is 4.97. The molecule has 3 heterocycles. The second-order valence-corrected chi connectivity index (χ2v) is 12.7. The normalized spacial score (nSPS) is 15.0. The van der Waals surface area contributed by atoms with E-state index in [2.05, 4.69) is 180 Å². The van der Waals surface area contributed by atoms with E-state index in [1.165, 1.54) is 60.6 Å². The van der Waals surface area contributed by atoms with Crippen LogP contribution in [0.1, 0.15) is 12.5 Å². The molecule has 8 rings (SSSR count). The third-order valence-corrected chi connectivity index (χ3v) is 9.70. The number of allylic oxidation sites excluding steroid dienone is 2. The fraction of sp³-hybridized carbons (Fsp3) is 0.171. The third kappa shape index (κ3) is 4.40. The fourth-order valence-corrected chi connectivity index (χ4v) is 7.81. The van der Waals surface area contributed by atoms with Crippen LogP contribution in [-0.4, -0.2) is 46.1 Å². The van der Waals surface area contributed by atoms with E-state index < -0.39 is 0 Å². The van der Waals surface area contributed by atoms with Gasteiger partial charge in [0.2, 0.25) is 0 Å². The number of rotatable bonds is 7. The van der Waals surface area contributed by atoms with Gasteiger partial charge < -0.3 is 14.0 Å². The lowest BCUT2D eigenvalue weighted by molar-refractivity contribution is 0.213. The Balaban J connectivity index is 1.33. The SMILES string of the molecule is CN(Cn1c2ccccc2c2ccccc21)CC(C)(C1=CC=CCN1C)c1cccc2c3ccccc3n(-c3ccccc3)c12. The first kappa shape index (κ1) is 27.5. The van der Waals surface area contributed by atoms with Crippen LogP contribution in [0.25, 0.3) is 49.3 Å². The second-order valence-electron chi connectivity index (χ2n) is 12.7. The fourth-order valence-electron chi connectivity index (χ4n) is 7.81. The zero-order valence-electron chi connectivity index (χ0n) is 26.2. The second kappa shape index (κ2) is 10.8. The predicted octanol–water partition coefficient (Wildman–Crippen LogP) is 9.12. The highest BCUT2D eigenvalue weighted by Crippen LogP contribution is 2.43. The molecule has 0 N–H and O–H groups in total. The van der Waals surface area contributed by atoms with Gasteiger partial charge in [0.1, 0.15) is 0 Å². The molecule has 0 saturated carbocycles. The number of likely N-dealkylation sites (N-methyl/N-ethyl adjacent to an activating group) is 2. The number of hydrogen-bond acceptors (Lipinski definition) is 2. The molecule has 45 heavy (non-hydrogen) atoms. The Hall–Kier alpha value is -5.06. The van der Waals surface area contributed by atoms with Crippen molar-refractivity contribution in [3.63, 3.8) is 0 Å². The molecule has 1 atom stereocenters. The lowest BCUT2D eigenvalue weighted by Gasteiger charge is -2.42. The van der Waals surface area contributed by atoms with E-state index in [-0.39, 0.29) is 5.41 Å². The zero-order valence-corrected chi connectivity index (χ0v) is 26.2. The van der Waals surface area contributed by atoms with Crippen LogP contribution in [0, 0.1) is 0 Å². The zero-order chi connectivity index (χ0) is 30.5. The van der Waals surface area contributed by atoms with Gasteiger partial charge in [0.05, 0.1) is 28.7 Å². The quantitative estimate of drug-likeness (QED) is 0.185. The Labute approximate surface area is 264 Å². The highest BCUT2D eigenvalue weighted by molar-refractivity contribution is 6.11. The minimum Gasteiger partial charge on any atom is -0.373 e. The van der Waals surface area contributed by atoms with Crippen LogP contribution in [0.3, 0.4) is 0 Å². The molecule has 1 aliphatic rings. The van der Waals surface area contributed by atoms with Crippen molar-refractivity contribution in [3.05, 3.63) is 151 Å². The smallest absolute Gasteiger partial charge is 0.0755 e. The van der Waals surface area contributed by atoms with Crippen LogP contribution in [0.15, 0.2) is 145 Å². The first-order chi connectivity index (χ1) is 22.0. The van der Waals surface area contributed by atoms with E-state index in [1.807, 2.05) is 0 Å². The maximum Gasteiger partial charge on any atom is 0.0755 e. The third-order valence-electron chi connectivity index (χ3n) is 9.70. The molecule has 2 aromatic heterocycles. The summed E-state index contributed by atoms with van der Waals surface area (Å²) in [5, 5.41) is 5.19. The highest BCUT2D eigenvalue weighted by atomic mass is 15.2. The summed E-state index contributed by atoms with van der Waals surface area (Å²) in [6.07, 6.45) is 6.80. The number of fused-ring (bicyclic) bond motifs is 6. The largest absolute Gasteiger partial charge is 0.373 e. The molecule has 0 bridgehead atoms. The lowest BCUT2D eigenvalue weighted by Crippen LogP contribution is -2.44. The van der Waals surface area contributed by atoms with Gasteiger partial charge in [0, 0.05) is 58.5 Å². The van der Waals surface area contributed by atoms with Crippen LogP contribution in [0.2, 0.25) is 0 Å². The molecule has 0 spiro atoms. The van der Waals surface area contributed by atoms with Crippen LogP contribution >= 0.6 is 0 Å². The van der Waals surface area contributed by atoms with Crippen molar-refractivity contribution >= 4 is 43.6 Å². The first-order valence-electron chi connectivity index (χ1n) is 15.9. The highest BCUT2D eigenvalue weighted by Gasteiger charge is 2.38. The predicted molar refractivity (Wildman–Crippen MR) is 190 cm³/mol. The Morgan fingerprint density at radius 1 is 0.667 bits per heavy atom. The van der Waals surface area contributed by atoms with Crippen molar-refractivity contribution in [2.75, 3.05) is 27.2 Å². The Kier molecular flexibility index (Phi) is 6.62.